The third kappa shape index (κ3) is 7.67. The van der Waals surface area contributed by atoms with Gasteiger partial charge in [-0.25, -0.2) is 9.59 Å². The van der Waals surface area contributed by atoms with Crippen LogP contribution in [0, 0.1) is 0 Å². The van der Waals surface area contributed by atoms with Gasteiger partial charge in [-0.15, -0.1) is 0 Å². The van der Waals surface area contributed by atoms with E-state index >= 15 is 0 Å². The number of rotatable bonds is 10. The van der Waals surface area contributed by atoms with Gasteiger partial charge in [0.1, 0.15) is 6.10 Å². The van der Waals surface area contributed by atoms with Gasteiger partial charge in [0.25, 0.3) is 0 Å². The largest absolute Gasteiger partial charge is 0.466 e. The fourth-order valence-electron chi connectivity index (χ4n) is 1.09. The van der Waals surface area contributed by atoms with E-state index in [0.717, 1.165) is 0 Å². The number of methoxy groups -OCH3 is 2. The van der Waals surface area contributed by atoms with E-state index in [2.05, 4.69) is 22.6 Å². The van der Waals surface area contributed by atoms with Gasteiger partial charge in [-0.05, 0) is 0 Å². The quantitative estimate of drug-likeness (QED) is 0.441. The number of hydrogen-bond donors (Lipinski definition) is 1. The van der Waals surface area contributed by atoms with Crippen molar-refractivity contribution >= 4 is 11.9 Å². The van der Waals surface area contributed by atoms with Gasteiger partial charge in [0.05, 0.1) is 51.8 Å². The van der Waals surface area contributed by atoms with Gasteiger partial charge < -0.3 is 24.1 Å². The molecule has 0 aliphatic carbocycles. The van der Waals surface area contributed by atoms with E-state index in [1.807, 2.05) is 0 Å². The van der Waals surface area contributed by atoms with Gasteiger partial charge in [-0.1, -0.05) is 13.2 Å². The molecule has 0 rings (SSSR count). The zero-order valence-corrected chi connectivity index (χ0v) is 11.7. The maximum absolute atomic E-state index is 11.0. The summed E-state index contributed by atoms with van der Waals surface area (Å²) in [6.07, 6.45) is -0.897. The molecule has 0 aliphatic rings. The highest BCUT2D eigenvalue weighted by atomic mass is 16.5. The molecule has 0 spiro atoms. The lowest BCUT2D eigenvalue weighted by molar-refractivity contribution is -0.137. The molecule has 0 amide bonds. The topological polar surface area (TPSA) is 91.3 Å². The van der Waals surface area contributed by atoms with Gasteiger partial charge >= 0.3 is 11.9 Å². The van der Waals surface area contributed by atoms with Gasteiger partial charge in [-0.3, -0.25) is 0 Å². The molecule has 114 valence electrons. The second kappa shape index (κ2) is 10.1. The van der Waals surface area contributed by atoms with Crippen molar-refractivity contribution in [1.82, 2.24) is 0 Å². The van der Waals surface area contributed by atoms with Crippen LogP contribution in [0.15, 0.2) is 24.3 Å². The van der Waals surface area contributed by atoms with Crippen molar-refractivity contribution in [3.63, 3.8) is 0 Å². The molecule has 7 heteroatoms. The second-order valence-electron chi connectivity index (χ2n) is 3.87. The molecule has 0 saturated heterocycles. The number of carbonyl (C=O) groups excluding carboxylic acids is 2. The van der Waals surface area contributed by atoms with Gasteiger partial charge in [0, 0.05) is 0 Å². The summed E-state index contributed by atoms with van der Waals surface area (Å²) in [5, 5.41) is 9.52. The highest BCUT2D eigenvalue weighted by Gasteiger charge is 2.11. The molecule has 0 aromatic carbocycles. The van der Waals surface area contributed by atoms with Crippen molar-refractivity contribution in [3.8, 4) is 0 Å². The van der Waals surface area contributed by atoms with E-state index in [-0.39, 0.29) is 37.6 Å². The predicted octanol–water partition coefficient (Wildman–Crippen LogP) is -0.161. The Labute approximate surface area is 117 Å². The van der Waals surface area contributed by atoms with E-state index in [0.29, 0.717) is 0 Å². The lowest BCUT2D eigenvalue weighted by atomic mass is 10.3. The fraction of sp³-hybridized carbons (Fsp3) is 0.538. The molecular formula is C13H20O7. The van der Waals surface area contributed by atoms with Crippen LogP contribution in [0.5, 0.6) is 0 Å². The monoisotopic (exact) mass is 288 g/mol. The molecule has 0 radical (unpaired) electrons. The maximum Gasteiger partial charge on any atom is 0.335 e. The van der Waals surface area contributed by atoms with Crippen LogP contribution < -0.4 is 0 Å². The summed E-state index contributed by atoms with van der Waals surface area (Å²) in [5.41, 5.74) is 0.305. The van der Waals surface area contributed by atoms with Crippen molar-refractivity contribution in [2.45, 2.75) is 6.10 Å². The van der Waals surface area contributed by atoms with Crippen LogP contribution in [0.4, 0.5) is 0 Å². The maximum atomic E-state index is 11.0. The molecule has 7 nitrogen and oxygen atoms in total. The Balaban J connectivity index is 3.72. The first-order valence-corrected chi connectivity index (χ1v) is 5.78. The fourth-order valence-corrected chi connectivity index (χ4v) is 1.09. The minimum atomic E-state index is -0.897. The van der Waals surface area contributed by atoms with Crippen LogP contribution in [0.3, 0.4) is 0 Å². The van der Waals surface area contributed by atoms with Crippen molar-refractivity contribution in [1.29, 1.82) is 0 Å². The summed E-state index contributed by atoms with van der Waals surface area (Å²) in [7, 11) is 2.48. The molecule has 0 aliphatic heterocycles. The molecule has 0 fully saturated rings. The molecule has 0 aromatic rings. The summed E-state index contributed by atoms with van der Waals surface area (Å²) < 4.78 is 19.0. The van der Waals surface area contributed by atoms with Gasteiger partial charge in [0.2, 0.25) is 0 Å². The van der Waals surface area contributed by atoms with Crippen LogP contribution in [0.2, 0.25) is 0 Å². The molecule has 0 saturated carbocycles. The Morgan fingerprint density at radius 1 is 0.950 bits per heavy atom. The first-order chi connectivity index (χ1) is 9.42. The molecule has 0 heterocycles. The lowest BCUT2D eigenvalue weighted by Gasteiger charge is -2.12. The highest BCUT2D eigenvalue weighted by Crippen LogP contribution is 1.98. The molecule has 20 heavy (non-hydrogen) atoms. The van der Waals surface area contributed by atoms with Crippen LogP contribution >= 0.6 is 0 Å². The summed E-state index contributed by atoms with van der Waals surface area (Å²) in [4.78, 5) is 22.0. The third-order valence-corrected chi connectivity index (χ3v) is 2.12. The van der Waals surface area contributed by atoms with E-state index in [4.69, 9.17) is 9.47 Å². The van der Waals surface area contributed by atoms with Crippen molar-refractivity contribution in [3.05, 3.63) is 24.3 Å². The molecule has 0 atom stereocenters. The van der Waals surface area contributed by atoms with Crippen LogP contribution in [0.25, 0.3) is 0 Å². The smallest absolute Gasteiger partial charge is 0.335 e. The SMILES string of the molecule is C=C(COCC(O)COCC(=C)C(=O)OC)C(=O)OC. The first-order valence-electron chi connectivity index (χ1n) is 5.78. The van der Waals surface area contributed by atoms with Crippen LogP contribution in [0.1, 0.15) is 0 Å². The average Bonchev–Trinajstić information content (AvgIpc) is 2.44. The molecule has 0 unspecified atom stereocenters. The number of carbonyl (C=O) groups is 2. The number of hydrogen-bond acceptors (Lipinski definition) is 7. The summed E-state index contributed by atoms with van der Waals surface area (Å²) in [5.74, 6) is -1.13. The standard InChI is InChI=1S/C13H20O7/c1-9(12(15)17-3)5-19-7-11(14)8-20-6-10(2)13(16)18-4/h11,14H,1-2,5-8H2,3-4H3. The Kier molecular flexibility index (Phi) is 9.27. The number of aliphatic hydroxyl groups is 1. The Bertz CT molecular complexity index is 328. The van der Waals surface area contributed by atoms with E-state index in [1.165, 1.54) is 14.2 Å². The normalized spacial score (nSPS) is 10.2. The lowest BCUT2D eigenvalue weighted by Crippen LogP contribution is -2.24. The van der Waals surface area contributed by atoms with Gasteiger partial charge in [-0.2, -0.15) is 0 Å². The molecule has 0 bridgehead atoms. The Hall–Kier alpha value is -1.70. The Morgan fingerprint density at radius 3 is 1.60 bits per heavy atom. The second-order valence-corrected chi connectivity index (χ2v) is 3.87. The predicted molar refractivity (Wildman–Crippen MR) is 70.0 cm³/mol. The van der Waals surface area contributed by atoms with Crippen molar-refractivity contribution in [2.75, 3.05) is 40.6 Å². The van der Waals surface area contributed by atoms with E-state index in [9.17, 15) is 14.7 Å². The average molecular weight is 288 g/mol. The van der Waals surface area contributed by atoms with Crippen molar-refractivity contribution < 1.29 is 33.6 Å². The highest BCUT2D eigenvalue weighted by molar-refractivity contribution is 5.88. The first kappa shape index (κ1) is 18.3. The molecular weight excluding hydrogens is 268 g/mol. The summed E-state index contributed by atoms with van der Waals surface area (Å²) in [6, 6.07) is 0. The number of esters is 2. The zero-order chi connectivity index (χ0) is 15.5. The third-order valence-electron chi connectivity index (χ3n) is 2.12. The summed E-state index contributed by atoms with van der Waals surface area (Å²) >= 11 is 0. The van der Waals surface area contributed by atoms with E-state index in [1.54, 1.807) is 0 Å². The Morgan fingerprint density at radius 2 is 1.30 bits per heavy atom. The minimum absolute atomic E-state index is 0.0410. The van der Waals surface area contributed by atoms with Crippen LogP contribution in [-0.4, -0.2) is 63.8 Å². The van der Waals surface area contributed by atoms with Crippen LogP contribution in [-0.2, 0) is 28.5 Å². The molecule has 1 N–H and O–H groups in total. The summed E-state index contributed by atoms with van der Waals surface area (Å²) in [6.45, 7) is 6.75. The number of aliphatic hydroxyl groups excluding tert-OH is 1. The minimum Gasteiger partial charge on any atom is -0.466 e. The molecule has 0 aromatic heterocycles. The number of ether oxygens (including phenoxy) is 4. The van der Waals surface area contributed by atoms with Gasteiger partial charge in [0.15, 0.2) is 0 Å². The van der Waals surface area contributed by atoms with Crippen molar-refractivity contribution in [2.24, 2.45) is 0 Å². The zero-order valence-electron chi connectivity index (χ0n) is 11.7. The van der Waals surface area contributed by atoms with E-state index < -0.39 is 18.0 Å².